The molecule has 1 aromatic rings. The summed E-state index contributed by atoms with van der Waals surface area (Å²) >= 11 is 1.34. The van der Waals surface area contributed by atoms with Crippen LogP contribution >= 0.6 is 11.5 Å². The minimum absolute atomic E-state index is 0.353. The summed E-state index contributed by atoms with van der Waals surface area (Å²) < 4.78 is 4.10. The lowest BCUT2D eigenvalue weighted by Crippen LogP contribution is -1.91. The van der Waals surface area contributed by atoms with E-state index in [4.69, 9.17) is 0 Å². The number of aldehydes is 1. The van der Waals surface area contributed by atoms with Gasteiger partial charge in [0.15, 0.2) is 6.29 Å². The number of hydrogen-bond donors (Lipinski definition) is 0. The molecule has 0 aliphatic carbocycles. The van der Waals surface area contributed by atoms with Gasteiger partial charge >= 0.3 is 0 Å². The van der Waals surface area contributed by atoms with Crippen LogP contribution in [0.15, 0.2) is 5.38 Å². The summed E-state index contributed by atoms with van der Waals surface area (Å²) in [4.78, 5) is 10.4. The molecule has 1 heterocycles. The van der Waals surface area contributed by atoms with Gasteiger partial charge < -0.3 is 0 Å². The Bertz CT molecular complexity index is 229. The predicted molar refractivity (Wildman–Crippen MR) is 41.6 cm³/mol. The van der Waals surface area contributed by atoms with Gasteiger partial charge in [-0.3, -0.25) is 4.79 Å². The summed E-state index contributed by atoms with van der Waals surface area (Å²) in [5.41, 5.74) is 1.65. The molecule has 0 saturated carbocycles. The van der Waals surface area contributed by atoms with Crippen molar-refractivity contribution in [3.63, 3.8) is 0 Å². The molecule has 0 aliphatic rings. The molecule has 0 radical (unpaired) electrons. The highest BCUT2D eigenvalue weighted by molar-refractivity contribution is 7.03. The predicted octanol–water partition coefficient (Wildman–Crippen LogP) is 2.08. The zero-order valence-corrected chi connectivity index (χ0v) is 6.81. The molecule has 0 fully saturated rings. The van der Waals surface area contributed by atoms with Gasteiger partial charge in [-0.25, -0.2) is 0 Å². The van der Waals surface area contributed by atoms with Gasteiger partial charge in [-0.1, -0.05) is 13.8 Å². The van der Waals surface area contributed by atoms with Crippen LogP contribution in [0.1, 0.15) is 35.8 Å². The van der Waals surface area contributed by atoms with Crippen molar-refractivity contribution in [1.29, 1.82) is 0 Å². The molecule has 0 spiro atoms. The normalized spacial score (nSPS) is 10.3. The minimum atomic E-state index is 0.353. The van der Waals surface area contributed by atoms with Gasteiger partial charge in [0.2, 0.25) is 0 Å². The summed E-state index contributed by atoms with van der Waals surface area (Å²) in [5, 5.41) is 1.78. The van der Waals surface area contributed by atoms with Gasteiger partial charge in [0.05, 0.1) is 5.69 Å². The van der Waals surface area contributed by atoms with Crippen molar-refractivity contribution in [1.82, 2.24) is 4.37 Å². The number of carbonyl (C=O) groups excluding carboxylic acids is 1. The lowest BCUT2D eigenvalue weighted by Gasteiger charge is -1.98. The summed E-state index contributed by atoms with van der Waals surface area (Å²) in [5.74, 6) is 0.353. The molecule has 0 amide bonds. The van der Waals surface area contributed by atoms with Crippen molar-refractivity contribution < 1.29 is 4.79 Å². The second-order valence-corrected chi connectivity index (χ2v) is 3.06. The van der Waals surface area contributed by atoms with E-state index in [1.54, 1.807) is 5.38 Å². The summed E-state index contributed by atoms with van der Waals surface area (Å²) in [6.45, 7) is 4.06. The molecule has 3 heteroatoms. The Morgan fingerprint density at radius 3 is 2.80 bits per heavy atom. The Hall–Kier alpha value is -0.700. The van der Waals surface area contributed by atoms with Crippen molar-refractivity contribution >= 4 is 17.8 Å². The molecule has 0 aliphatic heterocycles. The average Bonchev–Trinajstić information content (AvgIpc) is 2.33. The average molecular weight is 155 g/mol. The fraction of sp³-hybridized carbons (Fsp3) is 0.429. The van der Waals surface area contributed by atoms with Crippen LogP contribution in [0.5, 0.6) is 0 Å². The van der Waals surface area contributed by atoms with E-state index < -0.39 is 0 Å². The van der Waals surface area contributed by atoms with Crippen molar-refractivity contribution in [2.45, 2.75) is 19.8 Å². The number of aromatic nitrogens is 1. The van der Waals surface area contributed by atoms with Crippen molar-refractivity contribution in [3.8, 4) is 0 Å². The Morgan fingerprint density at radius 1 is 1.70 bits per heavy atom. The zero-order valence-electron chi connectivity index (χ0n) is 6.00. The van der Waals surface area contributed by atoms with E-state index in [0.717, 1.165) is 17.5 Å². The smallest absolute Gasteiger partial charge is 0.152 e. The maximum Gasteiger partial charge on any atom is 0.152 e. The molecule has 10 heavy (non-hydrogen) atoms. The second-order valence-electron chi connectivity index (χ2n) is 2.43. The number of rotatable bonds is 2. The lowest BCUT2D eigenvalue weighted by atomic mass is 10.1. The van der Waals surface area contributed by atoms with Crippen molar-refractivity contribution in [2.75, 3.05) is 0 Å². The fourth-order valence-corrected chi connectivity index (χ4v) is 1.55. The third-order valence-electron chi connectivity index (χ3n) is 1.30. The van der Waals surface area contributed by atoms with E-state index >= 15 is 0 Å². The van der Waals surface area contributed by atoms with Gasteiger partial charge in [0, 0.05) is 10.9 Å². The highest BCUT2D eigenvalue weighted by atomic mass is 32.1. The van der Waals surface area contributed by atoms with Crippen LogP contribution in [0.25, 0.3) is 0 Å². The standard InChI is InChI=1S/C7H9NOS/c1-5(2)7-6(3-9)4-10-8-7/h3-5H,1-2H3. The van der Waals surface area contributed by atoms with Gasteiger partial charge in [-0.15, -0.1) is 0 Å². The van der Waals surface area contributed by atoms with Gasteiger partial charge in [0.1, 0.15) is 0 Å². The summed E-state index contributed by atoms with van der Waals surface area (Å²) in [6.07, 6.45) is 0.860. The second kappa shape index (κ2) is 2.92. The number of hydrogen-bond acceptors (Lipinski definition) is 3. The van der Waals surface area contributed by atoms with Crippen LogP contribution < -0.4 is 0 Å². The van der Waals surface area contributed by atoms with E-state index in [1.807, 2.05) is 13.8 Å². The summed E-state index contributed by atoms with van der Waals surface area (Å²) in [7, 11) is 0. The fourth-order valence-electron chi connectivity index (χ4n) is 0.780. The molecule has 0 saturated heterocycles. The molecule has 2 nitrogen and oxygen atoms in total. The maximum atomic E-state index is 10.4. The van der Waals surface area contributed by atoms with Crippen molar-refractivity contribution in [2.24, 2.45) is 0 Å². The van der Waals surface area contributed by atoms with Crippen LogP contribution in [-0.4, -0.2) is 10.7 Å². The molecule has 54 valence electrons. The van der Waals surface area contributed by atoms with E-state index in [1.165, 1.54) is 11.5 Å². The Kier molecular flexibility index (Phi) is 2.17. The molecule has 0 unspecified atom stereocenters. The molecule has 0 aromatic carbocycles. The first-order valence-corrected chi connectivity index (χ1v) is 3.98. The maximum absolute atomic E-state index is 10.4. The molecule has 0 bridgehead atoms. The Balaban J connectivity index is 3.01. The van der Waals surface area contributed by atoms with Crippen molar-refractivity contribution in [3.05, 3.63) is 16.6 Å². The van der Waals surface area contributed by atoms with Crippen LogP contribution in [0.4, 0.5) is 0 Å². The van der Waals surface area contributed by atoms with Gasteiger partial charge in [0.25, 0.3) is 0 Å². The molecule has 0 atom stereocenters. The first-order chi connectivity index (χ1) is 4.75. The van der Waals surface area contributed by atoms with Crippen LogP contribution in [0, 0.1) is 0 Å². The SMILES string of the molecule is CC(C)c1nscc1C=O. The van der Waals surface area contributed by atoms with E-state index in [0.29, 0.717) is 5.92 Å². The van der Waals surface area contributed by atoms with E-state index in [-0.39, 0.29) is 0 Å². The minimum Gasteiger partial charge on any atom is -0.298 e. The van der Waals surface area contributed by atoms with Crippen LogP contribution in [-0.2, 0) is 0 Å². The van der Waals surface area contributed by atoms with E-state index in [9.17, 15) is 4.79 Å². The largest absolute Gasteiger partial charge is 0.298 e. The number of nitrogens with zero attached hydrogens (tertiary/aromatic N) is 1. The third-order valence-corrected chi connectivity index (χ3v) is 1.96. The molecular formula is C7H9NOS. The molecule has 1 aromatic heterocycles. The topological polar surface area (TPSA) is 30.0 Å². The van der Waals surface area contributed by atoms with Crippen LogP contribution in [0.2, 0.25) is 0 Å². The first kappa shape index (κ1) is 7.41. The Labute approximate surface area is 64.1 Å². The van der Waals surface area contributed by atoms with Gasteiger partial charge in [-0.05, 0) is 17.5 Å². The Morgan fingerprint density at radius 2 is 2.40 bits per heavy atom. The van der Waals surface area contributed by atoms with E-state index in [2.05, 4.69) is 4.37 Å². The molecule has 1 rings (SSSR count). The van der Waals surface area contributed by atoms with Crippen LogP contribution in [0.3, 0.4) is 0 Å². The van der Waals surface area contributed by atoms with Gasteiger partial charge in [-0.2, -0.15) is 4.37 Å². The first-order valence-electron chi connectivity index (χ1n) is 3.15. The monoisotopic (exact) mass is 155 g/mol. The summed E-state index contributed by atoms with van der Waals surface area (Å²) in [6, 6.07) is 0. The highest BCUT2D eigenvalue weighted by Crippen LogP contribution is 2.17. The third kappa shape index (κ3) is 1.24. The number of carbonyl (C=O) groups is 1. The zero-order chi connectivity index (χ0) is 7.56. The quantitative estimate of drug-likeness (QED) is 0.612. The molecular weight excluding hydrogens is 146 g/mol. The lowest BCUT2D eigenvalue weighted by molar-refractivity contribution is 0.112. The molecule has 0 N–H and O–H groups in total. The highest BCUT2D eigenvalue weighted by Gasteiger charge is 2.07.